The van der Waals surface area contributed by atoms with Crippen molar-refractivity contribution >= 4 is 15.9 Å². The predicted octanol–water partition coefficient (Wildman–Crippen LogP) is 2.32. The van der Waals surface area contributed by atoms with Crippen LogP contribution in [0.2, 0.25) is 0 Å². The molecule has 0 radical (unpaired) electrons. The van der Waals surface area contributed by atoms with Gasteiger partial charge in [0.25, 0.3) is 0 Å². The smallest absolute Gasteiger partial charge is 0.0717 e. The van der Waals surface area contributed by atoms with E-state index < -0.39 is 0 Å². The van der Waals surface area contributed by atoms with Gasteiger partial charge in [-0.15, -0.1) is 0 Å². The summed E-state index contributed by atoms with van der Waals surface area (Å²) in [5, 5.41) is 0.933. The van der Waals surface area contributed by atoms with Crippen molar-refractivity contribution in [3.8, 4) is 0 Å². The highest BCUT2D eigenvalue weighted by Crippen LogP contribution is 2.01. The molecule has 1 aromatic carbocycles. The third kappa shape index (κ3) is 4.74. The Kier molecular flexibility index (Phi) is 5.83. The average molecular weight is 258 g/mol. The summed E-state index contributed by atoms with van der Waals surface area (Å²) in [7, 11) is 0. The van der Waals surface area contributed by atoms with Crippen LogP contribution in [0.25, 0.3) is 0 Å². The van der Waals surface area contributed by atoms with Crippen LogP contribution in [0.1, 0.15) is 12.0 Å². The molecule has 3 heteroatoms. The largest absolute Gasteiger partial charge is 0.375 e. The fraction of sp³-hybridized carbons (Fsp3) is 0.455. The molecule has 0 aromatic heterocycles. The second-order valence-corrected chi connectivity index (χ2v) is 4.03. The first-order valence-corrected chi connectivity index (χ1v) is 5.88. The zero-order valence-electron chi connectivity index (χ0n) is 8.16. The highest BCUT2D eigenvalue weighted by molar-refractivity contribution is 9.09. The zero-order valence-corrected chi connectivity index (χ0v) is 9.74. The summed E-state index contributed by atoms with van der Waals surface area (Å²) >= 11 is 3.35. The zero-order chi connectivity index (χ0) is 10.2. The fourth-order valence-corrected chi connectivity index (χ4v) is 1.71. The van der Waals surface area contributed by atoms with Crippen LogP contribution in [0.4, 0.5) is 0 Å². The monoisotopic (exact) mass is 257 g/mol. The lowest BCUT2D eigenvalue weighted by molar-refractivity contribution is 0.107. The second-order valence-electron chi connectivity index (χ2n) is 3.24. The van der Waals surface area contributed by atoms with Crippen molar-refractivity contribution in [2.24, 2.45) is 5.73 Å². The minimum Gasteiger partial charge on any atom is -0.375 e. The molecular weight excluding hydrogens is 242 g/mol. The normalized spacial score (nSPS) is 12.7. The maximum absolute atomic E-state index is 5.79. The van der Waals surface area contributed by atoms with Crippen LogP contribution in [-0.2, 0) is 11.3 Å². The average Bonchev–Trinajstić information content (AvgIpc) is 2.20. The van der Waals surface area contributed by atoms with Crippen molar-refractivity contribution in [3.63, 3.8) is 0 Å². The lowest BCUT2D eigenvalue weighted by atomic mass is 10.2. The van der Waals surface area contributed by atoms with Gasteiger partial charge in [-0.1, -0.05) is 46.3 Å². The van der Waals surface area contributed by atoms with Gasteiger partial charge in [-0.05, 0) is 12.0 Å². The molecule has 0 aliphatic heterocycles. The number of ether oxygens (including phenoxy) is 1. The summed E-state index contributed by atoms with van der Waals surface area (Å²) in [6.45, 7) is 1.28. The third-order valence-corrected chi connectivity index (χ3v) is 2.38. The van der Waals surface area contributed by atoms with Crippen LogP contribution in [-0.4, -0.2) is 18.0 Å². The van der Waals surface area contributed by atoms with E-state index in [-0.39, 0.29) is 6.04 Å². The van der Waals surface area contributed by atoms with E-state index in [0.29, 0.717) is 13.2 Å². The molecule has 0 unspecified atom stereocenters. The topological polar surface area (TPSA) is 35.2 Å². The molecule has 0 spiro atoms. The molecule has 0 aliphatic rings. The van der Waals surface area contributed by atoms with Crippen molar-refractivity contribution in [2.45, 2.75) is 19.1 Å². The van der Waals surface area contributed by atoms with E-state index in [9.17, 15) is 0 Å². The molecule has 78 valence electrons. The van der Waals surface area contributed by atoms with Gasteiger partial charge in [0.1, 0.15) is 0 Å². The number of hydrogen-bond acceptors (Lipinski definition) is 2. The van der Waals surface area contributed by atoms with Gasteiger partial charge in [-0.25, -0.2) is 0 Å². The third-order valence-electron chi connectivity index (χ3n) is 1.92. The highest BCUT2D eigenvalue weighted by atomic mass is 79.9. The van der Waals surface area contributed by atoms with Gasteiger partial charge < -0.3 is 10.5 Å². The van der Waals surface area contributed by atoms with Crippen LogP contribution < -0.4 is 5.73 Å². The molecule has 2 nitrogen and oxygen atoms in total. The van der Waals surface area contributed by atoms with Crippen LogP contribution in [0.5, 0.6) is 0 Å². The first kappa shape index (κ1) is 11.7. The van der Waals surface area contributed by atoms with Gasteiger partial charge >= 0.3 is 0 Å². The van der Waals surface area contributed by atoms with Crippen LogP contribution in [0, 0.1) is 0 Å². The first-order chi connectivity index (χ1) is 6.83. The molecule has 0 heterocycles. The Morgan fingerprint density at radius 2 is 2.00 bits per heavy atom. The van der Waals surface area contributed by atoms with E-state index in [1.54, 1.807) is 0 Å². The number of alkyl halides is 1. The minimum atomic E-state index is 0.137. The molecule has 0 saturated carbocycles. The van der Waals surface area contributed by atoms with E-state index in [1.807, 2.05) is 18.2 Å². The lowest BCUT2D eigenvalue weighted by Gasteiger charge is -2.10. The van der Waals surface area contributed by atoms with Gasteiger partial charge in [-0.2, -0.15) is 0 Å². The number of nitrogens with two attached hydrogens (primary N) is 1. The van der Waals surface area contributed by atoms with Crippen LogP contribution in [0.3, 0.4) is 0 Å². The van der Waals surface area contributed by atoms with Crippen molar-refractivity contribution in [2.75, 3.05) is 11.9 Å². The molecule has 0 saturated heterocycles. The summed E-state index contributed by atoms with van der Waals surface area (Å²) < 4.78 is 5.49. The number of halogens is 1. The highest BCUT2D eigenvalue weighted by Gasteiger charge is 2.00. The van der Waals surface area contributed by atoms with E-state index >= 15 is 0 Å². The molecule has 0 fully saturated rings. The van der Waals surface area contributed by atoms with Gasteiger partial charge in [0, 0.05) is 11.4 Å². The maximum Gasteiger partial charge on any atom is 0.0717 e. The summed E-state index contributed by atoms with van der Waals surface area (Å²) in [5.41, 5.74) is 6.99. The second kappa shape index (κ2) is 6.98. The van der Waals surface area contributed by atoms with E-state index in [2.05, 4.69) is 28.1 Å². The van der Waals surface area contributed by atoms with Gasteiger partial charge in [0.15, 0.2) is 0 Å². The molecular formula is C11H16BrNO. The van der Waals surface area contributed by atoms with Crippen molar-refractivity contribution in [3.05, 3.63) is 35.9 Å². The maximum atomic E-state index is 5.79. The number of rotatable bonds is 6. The number of hydrogen-bond donors (Lipinski definition) is 1. The molecule has 0 amide bonds. The lowest BCUT2D eigenvalue weighted by Crippen LogP contribution is -2.26. The van der Waals surface area contributed by atoms with Gasteiger partial charge in [-0.3, -0.25) is 0 Å². The number of benzene rings is 1. The van der Waals surface area contributed by atoms with Crippen LogP contribution >= 0.6 is 15.9 Å². The first-order valence-electron chi connectivity index (χ1n) is 4.76. The van der Waals surface area contributed by atoms with Crippen molar-refractivity contribution in [1.29, 1.82) is 0 Å². The van der Waals surface area contributed by atoms with E-state index in [4.69, 9.17) is 10.5 Å². The van der Waals surface area contributed by atoms with E-state index in [1.165, 1.54) is 5.56 Å². The van der Waals surface area contributed by atoms with E-state index in [0.717, 1.165) is 11.8 Å². The Hall–Kier alpha value is -0.380. The molecule has 1 aromatic rings. The van der Waals surface area contributed by atoms with Crippen LogP contribution in [0.15, 0.2) is 30.3 Å². The Bertz CT molecular complexity index is 240. The summed E-state index contributed by atoms with van der Waals surface area (Å²) in [6, 6.07) is 10.3. The Morgan fingerprint density at radius 1 is 1.29 bits per heavy atom. The van der Waals surface area contributed by atoms with Crippen molar-refractivity contribution in [1.82, 2.24) is 0 Å². The molecule has 14 heavy (non-hydrogen) atoms. The molecule has 0 aliphatic carbocycles. The predicted molar refractivity (Wildman–Crippen MR) is 62.5 cm³/mol. The SMILES string of the molecule is N[C@@H](CCBr)COCc1ccccc1. The molecule has 1 rings (SSSR count). The Morgan fingerprint density at radius 3 is 2.64 bits per heavy atom. The fourth-order valence-electron chi connectivity index (χ4n) is 1.13. The van der Waals surface area contributed by atoms with Crippen molar-refractivity contribution < 1.29 is 4.74 Å². The summed E-state index contributed by atoms with van der Waals surface area (Å²) in [6.07, 6.45) is 0.953. The standard InChI is InChI=1S/C11H16BrNO/c12-7-6-11(13)9-14-8-10-4-2-1-3-5-10/h1-5,11H,6-9,13H2/t11-/m0/s1. The van der Waals surface area contributed by atoms with Gasteiger partial charge in [0.05, 0.1) is 13.2 Å². The molecule has 0 bridgehead atoms. The summed E-state index contributed by atoms with van der Waals surface area (Å²) in [4.78, 5) is 0. The summed E-state index contributed by atoms with van der Waals surface area (Å²) in [5.74, 6) is 0. The quantitative estimate of drug-likeness (QED) is 0.795. The van der Waals surface area contributed by atoms with Gasteiger partial charge in [0.2, 0.25) is 0 Å². The molecule has 2 N–H and O–H groups in total. The molecule has 1 atom stereocenters. The minimum absolute atomic E-state index is 0.137. The Labute approximate surface area is 93.6 Å². The Balaban J connectivity index is 2.16.